The molecule has 2 unspecified atom stereocenters. The summed E-state index contributed by atoms with van der Waals surface area (Å²) in [7, 11) is 0. The van der Waals surface area contributed by atoms with Gasteiger partial charge in [-0.25, -0.2) is 9.18 Å². The number of carbonyl (C=O) groups excluding carboxylic acids is 1. The first-order chi connectivity index (χ1) is 15.1. The average molecular weight is 444 g/mol. The molecule has 0 radical (unpaired) electrons. The normalized spacial score (nSPS) is 20.4. The Morgan fingerprint density at radius 3 is 2.38 bits per heavy atom. The van der Waals surface area contributed by atoms with Crippen LogP contribution < -0.4 is 5.32 Å². The lowest BCUT2D eigenvalue weighted by atomic mass is 9.99. The Labute approximate surface area is 190 Å². The first-order valence-corrected chi connectivity index (χ1v) is 11.1. The number of ether oxygens (including phenoxy) is 2. The van der Waals surface area contributed by atoms with Crippen LogP contribution in [0.5, 0.6) is 0 Å². The molecule has 1 aromatic carbocycles. The largest absolute Gasteiger partial charge is 0.444 e. The van der Waals surface area contributed by atoms with Gasteiger partial charge in [-0.3, -0.25) is 9.88 Å². The lowest BCUT2D eigenvalue weighted by molar-refractivity contribution is -0.0797. The summed E-state index contributed by atoms with van der Waals surface area (Å²) in [6.45, 7) is 11.9. The maximum atomic E-state index is 14.1. The maximum Gasteiger partial charge on any atom is 0.413 e. The first-order valence-electron chi connectivity index (χ1n) is 11.1. The van der Waals surface area contributed by atoms with Gasteiger partial charge in [0.2, 0.25) is 0 Å². The summed E-state index contributed by atoms with van der Waals surface area (Å²) in [6.07, 6.45) is 0.691. The maximum absolute atomic E-state index is 14.1. The van der Waals surface area contributed by atoms with E-state index >= 15 is 0 Å². The highest BCUT2D eigenvalue weighted by Crippen LogP contribution is 2.42. The van der Waals surface area contributed by atoms with Crippen LogP contribution in [-0.2, 0) is 16.0 Å². The molecule has 0 spiro atoms. The number of nitrogens with one attached hydrogen (secondary N) is 1. The number of amides is 1. The van der Waals surface area contributed by atoms with Crippen molar-refractivity contribution in [3.63, 3.8) is 0 Å². The first kappa shape index (κ1) is 24.1. The summed E-state index contributed by atoms with van der Waals surface area (Å²) in [5, 5.41) is 3.26. The molecule has 0 bridgehead atoms. The van der Waals surface area contributed by atoms with E-state index in [9.17, 15) is 9.18 Å². The summed E-state index contributed by atoms with van der Waals surface area (Å²) in [5.74, 6) is 0. The van der Waals surface area contributed by atoms with Crippen LogP contribution in [0.4, 0.5) is 9.18 Å². The van der Waals surface area contributed by atoms with Crippen molar-refractivity contribution in [2.75, 3.05) is 13.2 Å². The topological polar surface area (TPSA) is 63.7 Å². The summed E-state index contributed by atoms with van der Waals surface area (Å²) in [6, 6.07) is 11.1. The minimum Gasteiger partial charge on any atom is -0.444 e. The van der Waals surface area contributed by atoms with Gasteiger partial charge in [0.25, 0.3) is 0 Å². The van der Waals surface area contributed by atoms with Crippen molar-refractivity contribution in [2.24, 2.45) is 0 Å². The van der Waals surface area contributed by atoms with Gasteiger partial charge in [-0.2, -0.15) is 0 Å². The van der Waals surface area contributed by atoms with E-state index in [1.807, 2.05) is 42.6 Å². The molecular formula is C25H34FN3O3. The van der Waals surface area contributed by atoms with E-state index in [-0.39, 0.29) is 0 Å². The van der Waals surface area contributed by atoms with Gasteiger partial charge in [-0.05, 0) is 58.4 Å². The number of halogens is 1. The zero-order valence-corrected chi connectivity index (χ0v) is 19.8. The molecule has 2 heterocycles. The van der Waals surface area contributed by atoms with E-state index < -0.39 is 36.2 Å². The van der Waals surface area contributed by atoms with Crippen LogP contribution in [0.2, 0.25) is 0 Å². The minimum atomic E-state index is -0.991. The molecule has 1 fully saturated rings. The summed E-state index contributed by atoms with van der Waals surface area (Å²) >= 11 is 0. The number of nitrogens with zero attached hydrogens (tertiary/aromatic N) is 2. The van der Waals surface area contributed by atoms with Crippen molar-refractivity contribution in [3.8, 4) is 11.1 Å². The van der Waals surface area contributed by atoms with Crippen LogP contribution in [0.15, 0.2) is 42.6 Å². The van der Waals surface area contributed by atoms with Crippen LogP contribution in [0.1, 0.15) is 58.9 Å². The average Bonchev–Trinajstić information content (AvgIpc) is 3.02. The quantitative estimate of drug-likeness (QED) is 0.661. The van der Waals surface area contributed by atoms with Crippen molar-refractivity contribution in [1.29, 1.82) is 0 Å². The van der Waals surface area contributed by atoms with Crippen LogP contribution in [0.3, 0.4) is 0 Å². The molecule has 1 aromatic heterocycles. The van der Waals surface area contributed by atoms with Gasteiger partial charge in [0, 0.05) is 18.3 Å². The molecule has 1 N–H and O–H groups in total. The third-order valence-electron chi connectivity index (χ3n) is 5.38. The molecule has 1 saturated heterocycles. The van der Waals surface area contributed by atoms with Crippen molar-refractivity contribution in [2.45, 2.75) is 71.6 Å². The fourth-order valence-corrected chi connectivity index (χ4v) is 3.91. The Kier molecular flexibility index (Phi) is 7.20. The van der Waals surface area contributed by atoms with Gasteiger partial charge in [-0.15, -0.1) is 0 Å². The van der Waals surface area contributed by atoms with Gasteiger partial charge >= 0.3 is 6.09 Å². The Morgan fingerprint density at radius 1 is 1.19 bits per heavy atom. The van der Waals surface area contributed by atoms with E-state index in [1.54, 1.807) is 34.6 Å². The van der Waals surface area contributed by atoms with Crippen molar-refractivity contribution in [3.05, 3.63) is 53.9 Å². The Bertz CT molecular complexity index is 908. The van der Waals surface area contributed by atoms with Gasteiger partial charge in [0.05, 0.1) is 11.7 Å². The number of carbonyl (C=O) groups is 1. The van der Waals surface area contributed by atoms with Gasteiger partial charge in [0.1, 0.15) is 24.1 Å². The highest BCUT2D eigenvalue weighted by molar-refractivity contribution is 5.70. The summed E-state index contributed by atoms with van der Waals surface area (Å²) in [4.78, 5) is 18.7. The standard InChI is InChI=1S/C25H34FN3O3/c1-7-27-16-20-13-12-19(15-28-20)17-8-10-18(11-9-17)22-21(14-26)29(25(5,6)31-22)23(30)32-24(2,3)4/h8-13,15,21-22,27H,7,14,16H2,1-6H3. The smallest absolute Gasteiger partial charge is 0.413 e. The number of alkyl halides is 1. The molecule has 1 aliphatic heterocycles. The molecule has 6 nitrogen and oxygen atoms in total. The molecule has 0 saturated carbocycles. The number of hydrogen-bond donors (Lipinski definition) is 1. The second kappa shape index (κ2) is 9.55. The zero-order valence-electron chi connectivity index (χ0n) is 19.8. The van der Waals surface area contributed by atoms with Gasteiger partial charge in [0.15, 0.2) is 0 Å². The van der Waals surface area contributed by atoms with Gasteiger partial charge < -0.3 is 14.8 Å². The Hall–Kier alpha value is -2.51. The van der Waals surface area contributed by atoms with Crippen molar-refractivity contribution >= 4 is 6.09 Å². The van der Waals surface area contributed by atoms with E-state index in [1.165, 1.54) is 4.90 Å². The molecule has 3 rings (SSSR count). The monoisotopic (exact) mass is 443 g/mol. The molecule has 2 aromatic rings. The van der Waals surface area contributed by atoms with E-state index in [2.05, 4.69) is 17.2 Å². The fourth-order valence-electron chi connectivity index (χ4n) is 3.91. The van der Waals surface area contributed by atoms with E-state index in [0.29, 0.717) is 0 Å². The molecule has 32 heavy (non-hydrogen) atoms. The van der Waals surface area contributed by atoms with Crippen molar-refractivity contribution < 1.29 is 18.7 Å². The van der Waals surface area contributed by atoms with Crippen molar-refractivity contribution in [1.82, 2.24) is 15.2 Å². The highest BCUT2D eigenvalue weighted by Gasteiger charge is 2.51. The lowest BCUT2D eigenvalue weighted by Gasteiger charge is -2.34. The number of benzene rings is 1. The number of pyridine rings is 1. The molecule has 174 valence electrons. The summed E-state index contributed by atoms with van der Waals surface area (Å²) < 4.78 is 25.8. The van der Waals surface area contributed by atoms with Gasteiger partial charge in [-0.1, -0.05) is 37.3 Å². The second-order valence-corrected chi connectivity index (χ2v) is 9.50. The predicted molar refractivity (Wildman–Crippen MR) is 123 cm³/mol. The Balaban J connectivity index is 1.79. The number of hydrogen-bond acceptors (Lipinski definition) is 5. The van der Waals surface area contributed by atoms with Crippen LogP contribution in [-0.4, -0.2) is 46.6 Å². The molecular weight excluding hydrogens is 409 g/mol. The zero-order chi connectivity index (χ0) is 23.5. The van der Waals surface area contributed by atoms with Crippen LogP contribution >= 0.6 is 0 Å². The fraction of sp³-hybridized carbons (Fsp3) is 0.520. The lowest BCUT2D eigenvalue weighted by Crippen LogP contribution is -2.50. The van der Waals surface area contributed by atoms with Crippen LogP contribution in [0, 0.1) is 0 Å². The third-order valence-corrected chi connectivity index (χ3v) is 5.38. The second-order valence-electron chi connectivity index (χ2n) is 9.50. The van der Waals surface area contributed by atoms with Crippen LogP contribution in [0.25, 0.3) is 11.1 Å². The summed E-state index contributed by atoms with van der Waals surface area (Å²) in [5.41, 5.74) is 2.14. The predicted octanol–water partition coefficient (Wildman–Crippen LogP) is 5.24. The molecule has 7 heteroatoms. The van der Waals surface area contributed by atoms with E-state index in [4.69, 9.17) is 9.47 Å². The minimum absolute atomic E-state index is 0.576. The number of aromatic nitrogens is 1. The molecule has 0 aliphatic carbocycles. The SMILES string of the molecule is CCNCc1ccc(-c2ccc(C3OC(C)(C)N(C(=O)OC(C)(C)C)C3CF)cc2)cn1. The molecule has 1 aliphatic rings. The Morgan fingerprint density at radius 2 is 1.84 bits per heavy atom. The molecule has 2 atom stereocenters. The highest BCUT2D eigenvalue weighted by atomic mass is 19.1. The number of rotatable bonds is 6. The van der Waals surface area contributed by atoms with E-state index in [0.717, 1.165) is 35.5 Å². The third kappa shape index (κ3) is 5.45. The molecule has 1 amide bonds.